The number of rotatable bonds is 4. The minimum absolute atomic E-state index is 0.351. The second kappa shape index (κ2) is 7.34. The van der Waals surface area contributed by atoms with Crippen molar-refractivity contribution >= 4 is 33.2 Å². The number of anilines is 1. The van der Waals surface area contributed by atoms with Crippen molar-refractivity contribution in [3.05, 3.63) is 29.3 Å². The van der Waals surface area contributed by atoms with Crippen LogP contribution in [-0.2, 0) is 0 Å². The maximum atomic E-state index is 6.30. The van der Waals surface area contributed by atoms with E-state index in [4.69, 9.17) is 11.6 Å². The number of hydrogen-bond donors (Lipinski definition) is 0. The first kappa shape index (κ1) is 17.1. The van der Waals surface area contributed by atoms with E-state index in [-0.39, 0.29) is 0 Å². The third kappa shape index (κ3) is 4.61. The lowest BCUT2D eigenvalue weighted by Crippen LogP contribution is -2.49. The molecule has 0 spiro atoms. The Labute approximate surface area is 142 Å². The Bertz CT molecular complexity index is 450. The third-order valence-corrected chi connectivity index (χ3v) is 5.56. The lowest BCUT2D eigenvalue weighted by atomic mass is 9.81. The van der Waals surface area contributed by atoms with Crippen LogP contribution in [0.4, 0.5) is 5.69 Å². The monoisotopic (exact) mass is 372 g/mol. The summed E-state index contributed by atoms with van der Waals surface area (Å²) in [7, 11) is 0. The Morgan fingerprint density at radius 1 is 1.14 bits per heavy atom. The summed E-state index contributed by atoms with van der Waals surface area (Å²) in [5.41, 5.74) is 1.52. The van der Waals surface area contributed by atoms with E-state index in [1.54, 1.807) is 0 Å². The molecule has 4 heteroatoms. The summed E-state index contributed by atoms with van der Waals surface area (Å²) >= 11 is 9.98. The molecular formula is C17H26BrClN2. The van der Waals surface area contributed by atoms with Crippen molar-refractivity contribution in [1.29, 1.82) is 0 Å². The van der Waals surface area contributed by atoms with Crippen molar-refractivity contribution in [3.8, 4) is 0 Å². The van der Waals surface area contributed by atoms with E-state index in [0.29, 0.717) is 11.3 Å². The predicted octanol–water partition coefficient (Wildman–Crippen LogP) is 4.52. The van der Waals surface area contributed by atoms with E-state index in [1.807, 2.05) is 12.1 Å². The van der Waals surface area contributed by atoms with Gasteiger partial charge in [0.05, 0.1) is 10.7 Å². The number of nitrogens with zero attached hydrogens (tertiary/aromatic N) is 2. The molecule has 1 aliphatic rings. The van der Waals surface area contributed by atoms with Crippen LogP contribution in [0.5, 0.6) is 0 Å². The van der Waals surface area contributed by atoms with Gasteiger partial charge in [0.15, 0.2) is 0 Å². The molecule has 0 amide bonds. The fourth-order valence-electron chi connectivity index (χ4n) is 2.75. The SMILES string of the molecule is CC(C)(C)C(CBr)CN1CCN(c2ccccc2Cl)CC1. The van der Waals surface area contributed by atoms with Gasteiger partial charge in [0, 0.05) is 38.1 Å². The Hall–Kier alpha value is -0.250. The zero-order chi connectivity index (χ0) is 15.5. The van der Waals surface area contributed by atoms with Crippen LogP contribution in [0.3, 0.4) is 0 Å². The van der Waals surface area contributed by atoms with Crippen molar-refractivity contribution < 1.29 is 0 Å². The lowest BCUT2D eigenvalue weighted by Gasteiger charge is -2.40. The molecular weight excluding hydrogens is 348 g/mol. The average molecular weight is 374 g/mol. The second-order valence-electron chi connectivity index (χ2n) is 6.96. The second-order valence-corrected chi connectivity index (χ2v) is 8.01. The fourth-order valence-corrected chi connectivity index (χ4v) is 4.18. The number of alkyl halides is 1. The number of benzene rings is 1. The molecule has 118 valence electrons. The average Bonchev–Trinajstić information content (AvgIpc) is 2.45. The lowest BCUT2D eigenvalue weighted by molar-refractivity contribution is 0.159. The topological polar surface area (TPSA) is 6.48 Å². The number of piperazine rings is 1. The molecule has 2 rings (SSSR count). The van der Waals surface area contributed by atoms with E-state index in [1.165, 1.54) is 12.2 Å². The van der Waals surface area contributed by atoms with Gasteiger partial charge in [0.1, 0.15) is 0 Å². The normalized spacial score (nSPS) is 18.8. The molecule has 2 nitrogen and oxygen atoms in total. The molecule has 21 heavy (non-hydrogen) atoms. The maximum absolute atomic E-state index is 6.30. The molecule has 1 unspecified atom stereocenters. The third-order valence-electron chi connectivity index (χ3n) is 4.46. The summed E-state index contributed by atoms with van der Waals surface area (Å²) in [6, 6.07) is 8.15. The molecule has 1 saturated heterocycles. The molecule has 0 saturated carbocycles. The smallest absolute Gasteiger partial charge is 0.0639 e. The minimum atomic E-state index is 0.351. The van der Waals surface area contributed by atoms with E-state index in [9.17, 15) is 0 Å². The van der Waals surface area contributed by atoms with Crippen LogP contribution in [0.15, 0.2) is 24.3 Å². The number of halogens is 2. The summed E-state index contributed by atoms with van der Waals surface area (Å²) in [6.45, 7) is 12.5. The Balaban J connectivity index is 1.90. The van der Waals surface area contributed by atoms with Crippen molar-refractivity contribution in [3.63, 3.8) is 0 Å². The standard InChI is InChI=1S/C17H26BrClN2/c1-17(2,3)14(12-18)13-20-8-10-21(11-9-20)16-7-5-4-6-15(16)19/h4-7,14H,8-13H2,1-3H3. The van der Waals surface area contributed by atoms with Crippen LogP contribution < -0.4 is 4.90 Å². The molecule has 1 fully saturated rings. The molecule has 1 aromatic carbocycles. The van der Waals surface area contributed by atoms with Crippen LogP contribution in [0.25, 0.3) is 0 Å². The first-order valence-corrected chi connectivity index (χ1v) is 9.19. The van der Waals surface area contributed by atoms with E-state index < -0.39 is 0 Å². The van der Waals surface area contributed by atoms with Crippen molar-refractivity contribution in [2.45, 2.75) is 20.8 Å². The highest BCUT2D eigenvalue weighted by Crippen LogP contribution is 2.30. The van der Waals surface area contributed by atoms with E-state index in [2.05, 4.69) is 58.6 Å². The molecule has 0 aromatic heterocycles. The summed E-state index contributed by atoms with van der Waals surface area (Å²) < 4.78 is 0. The Morgan fingerprint density at radius 3 is 2.29 bits per heavy atom. The Kier molecular flexibility index (Phi) is 5.98. The quantitative estimate of drug-likeness (QED) is 0.716. The summed E-state index contributed by atoms with van der Waals surface area (Å²) in [6.07, 6.45) is 0. The molecule has 0 aliphatic carbocycles. The van der Waals surface area contributed by atoms with Crippen molar-refractivity contribution in [1.82, 2.24) is 4.90 Å². The van der Waals surface area contributed by atoms with Gasteiger partial charge in [-0.05, 0) is 23.5 Å². The van der Waals surface area contributed by atoms with Crippen molar-refractivity contribution in [2.24, 2.45) is 11.3 Å². The van der Waals surface area contributed by atoms with Gasteiger partial charge in [-0.2, -0.15) is 0 Å². The fraction of sp³-hybridized carbons (Fsp3) is 0.647. The molecule has 1 heterocycles. The molecule has 1 aliphatic heterocycles. The van der Waals surface area contributed by atoms with Gasteiger partial charge in [0.2, 0.25) is 0 Å². The van der Waals surface area contributed by atoms with Gasteiger partial charge >= 0.3 is 0 Å². The van der Waals surface area contributed by atoms with Gasteiger partial charge in [-0.25, -0.2) is 0 Å². The van der Waals surface area contributed by atoms with Crippen LogP contribution in [0.2, 0.25) is 5.02 Å². The van der Waals surface area contributed by atoms with E-state index >= 15 is 0 Å². The van der Waals surface area contributed by atoms with Crippen LogP contribution >= 0.6 is 27.5 Å². The first-order chi connectivity index (χ1) is 9.91. The van der Waals surface area contributed by atoms with Gasteiger partial charge < -0.3 is 4.90 Å². The molecule has 0 bridgehead atoms. The molecule has 1 aromatic rings. The summed E-state index contributed by atoms with van der Waals surface area (Å²) in [4.78, 5) is 4.99. The highest BCUT2D eigenvalue weighted by Gasteiger charge is 2.27. The van der Waals surface area contributed by atoms with Gasteiger partial charge in [0.25, 0.3) is 0 Å². The minimum Gasteiger partial charge on any atom is -0.368 e. The molecule has 0 N–H and O–H groups in total. The first-order valence-electron chi connectivity index (χ1n) is 7.69. The zero-order valence-corrected chi connectivity index (χ0v) is 15.6. The number of hydrogen-bond acceptors (Lipinski definition) is 2. The van der Waals surface area contributed by atoms with Crippen molar-refractivity contribution in [2.75, 3.05) is 43.0 Å². The van der Waals surface area contributed by atoms with Gasteiger partial charge in [-0.1, -0.05) is 60.4 Å². The summed E-state index contributed by atoms with van der Waals surface area (Å²) in [5.74, 6) is 0.685. The van der Waals surface area contributed by atoms with Crippen LogP contribution in [0.1, 0.15) is 20.8 Å². The molecule has 1 atom stereocenters. The maximum Gasteiger partial charge on any atom is 0.0639 e. The molecule has 0 radical (unpaired) electrons. The van der Waals surface area contributed by atoms with Gasteiger partial charge in [-0.3, -0.25) is 4.90 Å². The van der Waals surface area contributed by atoms with Gasteiger partial charge in [-0.15, -0.1) is 0 Å². The van der Waals surface area contributed by atoms with Crippen LogP contribution in [0, 0.1) is 11.3 Å². The van der Waals surface area contributed by atoms with E-state index in [0.717, 1.165) is 36.5 Å². The summed E-state index contributed by atoms with van der Waals surface area (Å²) in [5, 5.41) is 1.93. The highest BCUT2D eigenvalue weighted by atomic mass is 79.9. The zero-order valence-electron chi connectivity index (χ0n) is 13.3. The Morgan fingerprint density at radius 2 is 1.76 bits per heavy atom. The highest BCUT2D eigenvalue weighted by molar-refractivity contribution is 9.09. The van der Waals surface area contributed by atoms with Crippen LogP contribution in [-0.4, -0.2) is 43.0 Å². The largest absolute Gasteiger partial charge is 0.368 e. The predicted molar refractivity (Wildman–Crippen MR) is 96.8 cm³/mol. The number of para-hydroxylation sites is 1.